The van der Waals surface area contributed by atoms with Crippen molar-refractivity contribution in [1.29, 1.82) is 0 Å². The minimum Gasteiger partial charge on any atom is -0.496 e. The molecule has 1 aromatic rings. The molecule has 0 radical (unpaired) electrons. The Labute approximate surface area is 109 Å². The van der Waals surface area contributed by atoms with E-state index in [9.17, 15) is 5.11 Å². The van der Waals surface area contributed by atoms with Crippen molar-refractivity contribution in [2.45, 2.75) is 38.3 Å². The van der Waals surface area contributed by atoms with Gasteiger partial charge in [-0.2, -0.15) is 0 Å². The van der Waals surface area contributed by atoms with Crippen LogP contribution >= 0.6 is 0 Å². The van der Waals surface area contributed by atoms with Crippen LogP contribution in [0.15, 0.2) is 18.2 Å². The molecular formula is C14H24N2O2. The quantitative estimate of drug-likeness (QED) is 0.717. The lowest BCUT2D eigenvalue weighted by molar-refractivity contribution is 0.143. The summed E-state index contributed by atoms with van der Waals surface area (Å²) in [7, 11) is 1.65. The summed E-state index contributed by atoms with van der Waals surface area (Å²) in [5.41, 5.74) is 13.3. The van der Waals surface area contributed by atoms with E-state index in [1.807, 2.05) is 18.2 Å². The molecule has 0 heterocycles. The number of methoxy groups -OCH3 is 1. The zero-order valence-corrected chi connectivity index (χ0v) is 11.4. The first-order chi connectivity index (χ1) is 8.51. The number of benzene rings is 1. The van der Waals surface area contributed by atoms with Crippen LogP contribution < -0.4 is 16.2 Å². The molecule has 0 aliphatic heterocycles. The van der Waals surface area contributed by atoms with Crippen molar-refractivity contribution >= 4 is 0 Å². The molecule has 2 atom stereocenters. The molecule has 0 amide bonds. The summed E-state index contributed by atoms with van der Waals surface area (Å²) in [5, 5.41) is 10.2. The lowest BCUT2D eigenvalue weighted by Crippen LogP contribution is -2.30. The Morgan fingerprint density at radius 1 is 1.33 bits per heavy atom. The van der Waals surface area contributed by atoms with Crippen LogP contribution in [-0.4, -0.2) is 24.8 Å². The second-order valence-electron chi connectivity index (χ2n) is 4.84. The number of hydrogen-bond donors (Lipinski definition) is 3. The molecule has 0 saturated heterocycles. The van der Waals surface area contributed by atoms with Gasteiger partial charge in [0.1, 0.15) is 5.75 Å². The van der Waals surface area contributed by atoms with Gasteiger partial charge in [0.15, 0.2) is 0 Å². The van der Waals surface area contributed by atoms with Gasteiger partial charge in [-0.05, 0) is 42.1 Å². The molecule has 18 heavy (non-hydrogen) atoms. The molecule has 2 unspecified atom stereocenters. The van der Waals surface area contributed by atoms with Crippen LogP contribution in [0, 0.1) is 0 Å². The maximum atomic E-state index is 10.2. The second kappa shape index (κ2) is 6.73. The second-order valence-corrected chi connectivity index (χ2v) is 4.84. The third-order valence-corrected chi connectivity index (χ3v) is 3.12. The topological polar surface area (TPSA) is 81.5 Å². The van der Waals surface area contributed by atoms with E-state index in [2.05, 4.69) is 13.8 Å². The Hall–Kier alpha value is -1.10. The van der Waals surface area contributed by atoms with Gasteiger partial charge in [0.2, 0.25) is 0 Å². The van der Waals surface area contributed by atoms with Crippen LogP contribution in [0.3, 0.4) is 0 Å². The highest BCUT2D eigenvalue weighted by Crippen LogP contribution is 2.30. The Bertz CT molecular complexity index is 380. The summed E-state index contributed by atoms with van der Waals surface area (Å²) in [6.07, 6.45) is -0.0820. The van der Waals surface area contributed by atoms with Crippen molar-refractivity contribution < 1.29 is 9.84 Å². The number of aliphatic hydroxyl groups is 1. The molecule has 4 heteroatoms. The van der Waals surface area contributed by atoms with Crippen LogP contribution in [0.25, 0.3) is 0 Å². The monoisotopic (exact) mass is 252 g/mol. The van der Waals surface area contributed by atoms with Crippen LogP contribution in [0.2, 0.25) is 0 Å². The van der Waals surface area contributed by atoms with Gasteiger partial charge in [0.05, 0.1) is 13.2 Å². The third-order valence-electron chi connectivity index (χ3n) is 3.12. The van der Waals surface area contributed by atoms with E-state index in [-0.39, 0.29) is 6.04 Å². The van der Waals surface area contributed by atoms with Gasteiger partial charge in [-0.3, -0.25) is 0 Å². The molecule has 0 aromatic heterocycles. The number of nitrogens with two attached hydrogens (primary N) is 2. The first-order valence-corrected chi connectivity index (χ1v) is 6.32. The van der Waals surface area contributed by atoms with Crippen molar-refractivity contribution in [3.63, 3.8) is 0 Å². The number of aliphatic hydroxyl groups excluding tert-OH is 1. The molecular weight excluding hydrogens is 228 g/mol. The summed E-state index contributed by atoms with van der Waals surface area (Å²) in [4.78, 5) is 0. The molecule has 1 aromatic carbocycles. The highest BCUT2D eigenvalue weighted by atomic mass is 16.5. The third kappa shape index (κ3) is 3.45. The first-order valence-electron chi connectivity index (χ1n) is 6.32. The fourth-order valence-corrected chi connectivity index (χ4v) is 1.99. The zero-order chi connectivity index (χ0) is 13.7. The van der Waals surface area contributed by atoms with Crippen molar-refractivity contribution in [1.82, 2.24) is 0 Å². The molecule has 0 saturated carbocycles. The van der Waals surface area contributed by atoms with Gasteiger partial charge in [-0.25, -0.2) is 0 Å². The van der Waals surface area contributed by atoms with Crippen LogP contribution in [-0.2, 0) is 0 Å². The maximum Gasteiger partial charge on any atom is 0.122 e. The summed E-state index contributed by atoms with van der Waals surface area (Å²) in [5.74, 6) is 1.17. The normalized spacial score (nSPS) is 14.6. The average molecular weight is 252 g/mol. The van der Waals surface area contributed by atoms with E-state index in [0.717, 1.165) is 16.9 Å². The lowest BCUT2D eigenvalue weighted by Gasteiger charge is -2.21. The van der Waals surface area contributed by atoms with Crippen LogP contribution in [0.5, 0.6) is 5.75 Å². The standard InChI is InChI=1S/C14H24N2O2/c1-9(2)11-8-10(4-5-13(11)18-3)14(17)12(16)6-7-15/h4-5,8-9,12,14,17H,6-7,15-16H2,1-3H3. The molecule has 1 rings (SSSR count). The van der Waals surface area contributed by atoms with Crippen molar-refractivity contribution in [3.05, 3.63) is 29.3 Å². The Morgan fingerprint density at radius 3 is 2.50 bits per heavy atom. The van der Waals surface area contributed by atoms with Gasteiger partial charge < -0.3 is 21.3 Å². The smallest absolute Gasteiger partial charge is 0.122 e. The first kappa shape index (κ1) is 15.0. The summed E-state index contributed by atoms with van der Waals surface area (Å²) in [6, 6.07) is 5.36. The predicted molar refractivity (Wildman–Crippen MR) is 73.7 cm³/mol. The highest BCUT2D eigenvalue weighted by molar-refractivity contribution is 5.40. The molecule has 0 aliphatic rings. The molecule has 0 spiro atoms. The van der Waals surface area contributed by atoms with Gasteiger partial charge in [0.25, 0.3) is 0 Å². The zero-order valence-electron chi connectivity index (χ0n) is 11.4. The molecule has 0 aliphatic carbocycles. The van der Waals surface area contributed by atoms with E-state index >= 15 is 0 Å². The Morgan fingerprint density at radius 2 is 2.00 bits per heavy atom. The van der Waals surface area contributed by atoms with Crippen molar-refractivity contribution in [3.8, 4) is 5.75 Å². The summed E-state index contributed by atoms with van der Waals surface area (Å²) < 4.78 is 5.32. The van der Waals surface area contributed by atoms with E-state index in [1.165, 1.54) is 0 Å². The van der Waals surface area contributed by atoms with E-state index in [0.29, 0.717) is 18.9 Å². The van der Waals surface area contributed by atoms with Gasteiger partial charge in [-0.1, -0.05) is 19.9 Å². The summed E-state index contributed by atoms with van der Waals surface area (Å²) in [6.45, 7) is 4.66. The number of rotatable bonds is 6. The van der Waals surface area contributed by atoms with Crippen molar-refractivity contribution in [2.75, 3.05) is 13.7 Å². The average Bonchev–Trinajstić information content (AvgIpc) is 2.37. The highest BCUT2D eigenvalue weighted by Gasteiger charge is 2.18. The maximum absolute atomic E-state index is 10.2. The fourth-order valence-electron chi connectivity index (χ4n) is 1.99. The van der Waals surface area contributed by atoms with Crippen molar-refractivity contribution in [2.24, 2.45) is 11.5 Å². The van der Waals surface area contributed by atoms with Gasteiger partial charge in [0, 0.05) is 6.04 Å². The summed E-state index contributed by atoms with van der Waals surface area (Å²) >= 11 is 0. The molecule has 5 N–H and O–H groups in total. The lowest BCUT2D eigenvalue weighted by atomic mass is 9.94. The SMILES string of the molecule is COc1ccc(C(O)C(N)CCN)cc1C(C)C. The molecule has 0 fully saturated rings. The minimum absolute atomic E-state index is 0.330. The molecule has 4 nitrogen and oxygen atoms in total. The number of hydrogen-bond acceptors (Lipinski definition) is 4. The van der Waals surface area contributed by atoms with Crippen LogP contribution in [0.4, 0.5) is 0 Å². The predicted octanol–water partition coefficient (Wildman–Crippen LogP) is 1.53. The Balaban J connectivity index is 3.00. The largest absolute Gasteiger partial charge is 0.496 e. The van der Waals surface area contributed by atoms with E-state index in [1.54, 1.807) is 7.11 Å². The fraction of sp³-hybridized carbons (Fsp3) is 0.571. The van der Waals surface area contributed by atoms with E-state index in [4.69, 9.17) is 16.2 Å². The Kier molecular flexibility index (Phi) is 5.59. The molecule has 102 valence electrons. The van der Waals surface area contributed by atoms with Crippen LogP contribution in [0.1, 0.15) is 43.4 Å². The molecule has 0 bridgehead atoms. The number of ether oxygens (including phenoxy) is 1. The van der Waals surface area contributed by atoms with Gasteiger partial charge in [-0.15, -0.1) is 0 Å². The van der Waals surface area contributed by atoms with E-state index < -0.39 is 6.10 Å². The van der Waals surface area contributed by atoms with Gasteiger partial charge >= 0.3 is 0 Å². The minimum atomic E-state index is -0.683.